The molecule has 0 aliphatic rings. The summed E-state index contributed by atoms with van der Waals surface area (Å²) in [6.45, 7) is 1.73. The zero-order chi connectivity index (χ0) is 18.6. The molecule has 0 N–H and O–H groups in total. The molecule has 2 aromatic rings. The van der Waals surface area contributed by atoms with E-state index in [-0.39, 0.29) is 25.0 Å². The Labute approximate surface area is 147 Å². The van der Waals surface area contributed by atoms with E-state index in [1.54, 1.807) is 25.2 Å². The van der Waals surface area contributed by atoms with Crippen molar-refractivity contribution in [2.45, 2.75) is 6.92 Å². The molecule has 0 aliphatic carbocycles. The average Bonchev–Trinajstić information content (AvgIpc) is 2.58. The predicted octanol–water partition coefficient (Wildman–Crippen LogP) is 2.35. The van der Waals surface area contributed by atoms with E-state index in [1.165, 1.54) is 11.8 Å². The highest BCUT2D eigenvalue weighted by atomic mass is 16.5. The molecule has 1 amide bonds. The number of esters is 1. The number of carbonyl (C=O) groups is 3. The molecule has 0 heterocycles. The summed E-state index contributed by atoms with van der Waals surface area (Å²) in [4.78, 5) is 38.6. The lowest BCUT2D eigenvalue weighted by molar-refractivity contribution is -0.141. The van der Waals surface area contributed by atoms with Crippen LogP contribution < -0.4 is 4.90 Å². The molecule has 0 saturated heterocycles. The summed E-state index contributed by atoms with van der Waals surface area (Å²) in [5.74, 6) is -0.610. The molecule has 6 nitrogen and oxygen atoms in total. The highest BCUT2D eigenvalue weighted by Crippen LogP contribution is 2.31. The Morgan fingerprint density at radius 1 is 1.12 bits per heavy atom. The van der Waals surface area contributed by atoms with Gasteiger partial charge in [0.2, 0.25) is 0 Å². The maximum Gasteiger partial charge on any atom is 0.302 e. The quantitative estimate of drug-likeness (QED) is 0.595. The topological polar surface area (TPSA) is 66.9 Å². The van der Waals surface area contributed by atoms with Gasteiger partial charge in [-0.05, 0) is 18.2 Å². The Morgan fingerprint density at radius 3 is 2.44 bits per heavy atom. The number of benzene rings is 2. The van der Waals surface area contributed by atoms with Gasteiger partial charge in [0.05, 0.1) is 6.54 Å². The van der Waals surface area contributed by atoms with Crippen molar-refractivity contribution in [2.24, 2.45) is 0 Å². The smallest absolute Gasteiger partial charge is 0.302 e. The average molecular weight is 342 g/mol. The number of hydrogen-bond acceptors (Lipinski definition) is 5. The lowest BCUT2D eigenvalue weighted by Crippen LogP contribution is -2.30. The molecule has 0 aromatic heterocycles. The van der Waals surface area contributed by atoms with Crippen molar-refractivity contribution in [3.05, 3.63) is 41.5 Å². The van der Waals surface area contributed by atoms with Gasteiger partial charge in [0.15, 0.2) is 6.29 Å². The fourth-order valence-corrected chi connectivity index (χ4v) is 2.72. The van der Waals surface area contributed by atoms with Gasteiger partial charge in [0, 0.05) is 55.7 Å². The van der Waals surface area contributed by atoms with E-state index >= 15 is 0 Å². The molecule has 2 aromatic carbocycles. The van der Waals surface area contributed by atoms with Crippen molar-refractivity contribution in [3.63, 3.8) is 0 Å². The van der Waals surface area contributed by atoms with Gasteiger partial charge in [-0.3, -0.25) is 14.4 Å². The summed E-state index contributed by atoms with van der Waals surface area (Å²) in [6, 6.07) is 8.99. The molecular formula is C19H22N2O4. The second-order valence-corrected chi connectivity index (χ2v) is 5.98. The highest BCUT2D eigenvalue weighted by Gasteiger charge is 2.18. The van der Waals surface area contributed by atoms with E-state index in [9.17, 15) is 14.4 Å². The molecular weight excluding hydrogens is 320 g/mol. The first kappa shape index (κ1) is 18.4. The molecule has 0 atom stereocenters. The summed E-state index contributed by atoms with van der Waals surface area (Å²) in [5.41, 5.74) is 1.85. The third kappa shape index (κ3) is 3.96. The van der Waals surface area contributed by atoms with E-state index in [0.717, 1.165) is 17.4 Å². The van der Waals surface area contributed by atoms with Crippen LogP contribution in [0, 0.1) is 0 Å². The van der Waals surface area contributed by atoms with E-state index in [4.69, 9.17) is 4.74 Å². The van der Waals surface area contributed by atoms with E-state index in [0.29, 0.717) is 16.5 Å². The van der Waals surface area contributed by atoms with Crippen LogP contribution in [0.3, 0.4) is 0 Å². The Hall–Kier alpha value is -2.89. The van der Waals surface area contributed by atoms with E-state index in [2.05, 4.69) is 0 Å². The second-order valence-electron chi connectivity index (χ2n) is 5.98. The van der Waals surface area contributed by atoms with Gasteiger partial charge < -0.3 is 14.5 Å². The minimum absolute atomic E-state index is 0.131. The molecule has 25 heavy (non-hydrogen) atoms. The van der Waals surface area contributed by atoms with Gasteiger partial charge in [-0.25, -0.2) is 0 Å². The maximum absolute atomic E-state index is 12.8. The van der Waals surface area contributed by atoms with E-state index < -0.39 is 0 Å². The fourth-order valence-electron chi connectivity index (χ4n) is 2.72. The minimum Gasteiger partial charge on any atom is -0.464 e. The van der Waals surface area contributed by atoms with Crippen LogP contribution in [0.4, 0.5) is 5.69 Å². The number of amides is 1. The maximum atomic E-state index is 12.8. The highest BCUT2D eigenvalue weighted by molar-refractivity contribution is 6.15. The second kappa shape index (κ2) is 7.79. The first-order valence-corrected chi connectivity index (χ1v) is 7.94. The van der Waals surface area contributed by atoms with Crippen molar-refractivity contribution in [1.82, 2.24) is 4.90 Å². The van der Waals surface area contributed by atoms with Crippen molar-refractivity contribution in [2.75, 3.05) is 39.2 Å². The van der Waals surface area contributed by atoms with Crippen LogP contribution in [-0.2, 0) is 9.53 Å². The molecule has 0 spiro atoms. The molecule has 0 radical (unpaired) electrons. The van der Waals surface area contributed by atoms with Crippen molar-refractivity contribution >= 4 is 34.6 Å². The number of ether oxygens (including phenoxy) is 1. The normalized spacial score (nSPS) is 10.4. The number of likely N-dealkylation sites (N-methyl/N-ethyl adjacent to an activating group) is 1. The number of anilines is 1. The molecule has 0 unspecified atom stereocenters. The standard InChI is InChI=1S/C19H22N2O4/c1-13(23)25-11-10-21(4)19(24)16-7-5-6-15-17(20(2)3)9-8-14(12-22)18(15)16/h5-9,12H,10-11H2,1-4H3. The molecule has 0 bridgehead atoms. The van der Waals surface area contributed by atoms with Crippen LogP contribution in [-0.4, -0.2) is 57.4 Å². The number of aldehydes is 1. The number of nitrogens with zero attached hydrogens (tertiary/aromatic N) is 2. The lowest BCUT2D eigenvalue weighted by atomic mass is 9.97. The lowest BCUT2D eigenvalue weighted by Gasteiger charge is -2.21. The molecule has 0 saturated carbocycles. The largest absolute Gasteiger partial charge is 0.464 e. The van der Waals surface area contributed by atoms with Crippen molar-refractivity contribution in [3.8, 4) is 0 Å². The minimum atomic E-state index is -0.384. The van der Waals surface area contributed by atoms with Crippen LogP contribution in [0.2, 0.25) is 0 Å². The van der Waals surface area contributed by atoms with E-state index in [1.807, 2.05) is 31.1 Å². The van der Waals surface area contributed by atoms with Crippen molar-refractivity contribution in [1.29, 1.82) is 0 Å². The predicted molar refractivity (Wildman–Crippen MR) is 97.3 cm³/mol. The van der Waals surface area contributed by atoms with Crippen LogP contribution in [0.1, 0.15) is 27.6 Å². The van der Waals surface area contributed by atoms with Gasteiger partial charge in [0.1, 0.15) is 6.61 Å². The summed E-state index contributed by atoms with van der Waals surface area (Å²) >= 11 is 0. The van der Waals surface area contributed by atoms with Crippen molar-refractivity contribution < 1.29 is 19.1 Å². The molecule has 0 aliphatic heterocycles. The SMILES string of the molecule is CC(=O)OCCN(C)C(=O)c1cccc2c(N(C)C)ccc(C=O)c12. The molecule has 2 rings (SSSR count). The third-order valence-corrected chi connectivity index (χ3v) is 3.97. The molecule has 0 fully saturated rings. The van der Waals surface area contributed by atoms with Gasteiger partial charge in [-0.1, -0.05) is 12.1 Å². The zero-order valence-corrected chi connectivity index (χ0v) is 14.9. The molecule has 132 valence electrons. The first-order chi connectivity index (χ1) is 11.9. The van der Waals surface area contributed by atoms with Crippen LogP contribution in [0.5, 0.6) is 0 Å². The Morgan fingerprint density at radius 2 is 1.84 bits per heavy atom. The number of rotatable bonds is 6. The summed E-state index contributed by atoms with van der Waals surface area (Å²) in [6.07, 6.45) is 0.761. The Balaban J connectivity index is 2.47. The van der Waals surface area contributed by atoms with Gasteiger partial charge in [-0.2, -0.15) is 0 Å². The Kier molecular flexibility index (Phi) is 5.75. The monoisotopic (exact) mass is 342 g/mol. The summed E-state index contributed by atoms with van der Waals surface area (Å²) < 4.78 is 4.89. The fraction of sp³-hybridized carbons (Fsp3) is 0.316. The third-order valence-electron chi connectivity index (χ3n) is 3.97. The van der Waals surface area contributed by atoms with Crippen LogP contribution in [0.25, 0.3) is 10.8 Å². The zero-order valence-electron chi connectivity index (χ0n) is 14.9. The summed E-state index contributed by atoms with van der Waals surface area (Å²) in [7, 11) is 5.46. The molecule has 6 heteroatoms. The van der Waals surface area contributed by atoms with Crippen LogP contribution >= 0.6 is 0 Å². The van der Waals surface area contributed by atoms with Gasteiger partial charge >= 0.3 is 5.97 Å². The first-order valence-electron chi connectivity index (χ1n) is 7.94. The van der Waals surface area contributed by atoms with Crippen LogP contribution in [0.15, 0.2) is 30.3 Å². The number of fused-ring (bicyclic) bond motifs is 1. The summed E-state index contributed by atoms with van der Waals surface area (Å²) in [5, 5.41) is 1.47. The number of carbonyl (C=O) groups excluding carboxylic acids is 3. The Bertz CT molecular complexity index is 814. The number of hydrogen-bond donors (Lipinski definition) is 0. The van der Waals surface area contributed by atoms with Gasteiger partial charge in [0.25, 0.3) is 5.91 Å². The van der Waals surface area contributed by atoms with Gasteiger partial charge in [-0.15, -0.1) is 0 Å².